The van der Waals surface area contributed by atoms with Crippen LogP contribution in [0.25, 0.3) is 0 Å². The summed E-state index contributed by atoms with van der Waals surface area (Å²) in [6, 6.07) is 0. The maximum Gasteiger partial charge on any atom is 0 e. The Morgan fingerprint density at radius 3 is 1.25 bits per heavy atom. The molecule has 0 aromatic rings. The molecule has 0 aromatic carbocycles. The third kappa shape index (κ3) is 8.82. The quantitative estimate of drug-likeness (QED) is 0.541. The zero-order valence-electron chi connectivity index (χ0n) is 1.40. The van der Waals surface area contributed by atoms with E-state index in [2.05, 4.69) is 6.69 Å². The van der Waals surface area contributed by atoms with Gasteiger partial charge in [-0.3, -0.25) is 0 Å². The Bertz CT molecular complexity index is 8.00. The van der Waals surface area contributed by atoms with Crippen molar-refractivity contribution in [2.45, 2.75) is 0 Å². The fraction of sp³-hybridized carbons (Fsp3) is 0. The Hall–Kier alpha value is 2.62. The van der Waals surface area contributed by atoms with Gasteiger partial charge in [0.05, 0.1) is 0 Å². The van der Waals surface area contributed by atoms with Crippen molar-refractivity contribution in [3.8, 4) is 0 Å². The van der Waals surface area contributed by atoms with Crippen molar-refractivity contribution in [3.63, 3.8) is 0 Å². The molecule has 0 rings (SSSR count). The minimum atomic E-state index is 0. The van der Waals surface area contributed by atoms with Gasteiger partial charge in [0.15, 0.2) is 17.4 Å². The Morgan fingerprint density at radius 2 is 1.25 bits per heavy atom. The molecular formula is H3AlErSZn. The molecule has 0 bridgehead atoms. The summed E-state index contributed by atoms with van der Waals surface area (Å²) in [6.45, 7) is 4.00. The summed E-state index contributed by atoms with van der Waals surface area (Å²) in [5, 5.41) is 0. The van der Waals surface area contributed by atoms with Gasteiger partial charge in [-0.25, -0.2) is 0 Å². The first-order valence-electron chi connectivity index (χ1n) is 0.118. The zero-order valence-corrected chi connectivity index (χ0v) is 7.04. The van der Waals surface area contributed by atoms with Crippen molar-refractivity contribution in [1.82, 2.24) is 0 Å². The van der Waals surface area contributed by atoms with Crippen LogP contribution in [-0.2, 0) is 19.5 Å². The average Bonchev–Trinajstić information content (AvgIpc) is 1.00. The molecule has 26 valence electrons. The average molecular weight is 295 g/mol. The second-order valence-electron chi connectivity index (χ2n) is 0. The van der Waals surface area contributed by atoms with Gasteiger partial charge in [0, 0.05) is 19.5 Å². The molecule has 0 aliphatic carbocycles. The van der Waals surface area contributed by atoms with Crippen molar-refractivity contribution >= 4 is 24.1 Å². The standard InChI is InChI=1S/Al.Er.S.Zn.3H. The van der Waals surface area contributed by atoms with Crippen LogP contribution in [0.3, 0.4) is 0 Å². The predicted molar refractivity (Wildman–Crippen MR) is 17.5 cm³/mol. The molecule has 0 radical (unpaired) electrons. The summed E-state index contributed by atoms with van der Waals surface area (Å²) in [7, 11) is 0. The largest absolute Gasteiger partial charge is 0 e. The predicted octanol–water partition coefficient (Wildman–Crippen LogP) is -0.538. The van der Waals surface area contributed by atoms with Gasteiger partial charge in [-0.15, -0.1) is 0 Å². The van der Waals surface area contributed by atoms with E-state index in [9.17, 15) is 0 Å². The molecule has 4 heteroatoms. The molecule has 4 heavy (non-hydrogen) atoms. The number of rotatable bonds is 0. The van der Waals surface area contributed by atoms with E-state index in [1.807, 2.05) is 32.9 Å². The van der Waals surface area contributed by atoms with Crippen LogP contribution >= 0.6 is 6.69 Å². The summed E-state index contributed by atoms with van der Waals surface area (Å²) < 4.78 is 0. The van der Waals surface area contributed by atoms with Crippen LogP contribution < -0.4 is 0 Å². The molecule has 0 amide bonds. The van der Waals surface area contributed by atoms with Crippen LogP contribution in [0.4, 0.5) is 0 Å². The number of hydrogen-bond acceptors (Lipinski definition) is 1. The Balaban J connectivity index is -0.00000000500. The van der Waals surface area contributed by atoms with E-state index in [-0.39, 0.29) is 36.8 Å². The second kappa shape index (κ2) is 17.5. The maximum absolute atomic E-state index is 4.00. The topological polar surface area (TPSA) is 0 Å². The van der Waals surface area contributed by atoms with E-state index in [1.54, 1.807) is 0 Å². The zero-order chi connectivity index (χ0) is 2.00. The van der Waals surface area contributed by atoms with E-state index in [4.69, 9.17) is 0 Å². The van der Waals surface area contributed by atoms with Gasteiger partial charge in [0.2, 0.25) is 0 Å². The summed E-state index contributed by atoms with van der Waals surface area (Å²) in [4.78, 5) is 0. The Morgan fingerprint density at radius 1 is 1.25 bits per heavy atom. The molecule has 0 N–H and O–H groups in total. The van der Waals surface area contributed by atoms with Gasteiger partial charge in [-0.05, 0) is 0 Å². The minimum Gasteiger partial charge on any atom is 0 e. The summed E-state index contributed by atoms with van der Waals surface area (Å²) in [5.41, 5.74) is 0. The summed E-state index contributed by atoms with van der Waals surface area (Å²) >= 11 is 2.00. The third-order valence-electron chi connectivity index (χ3n) is 0. The Labute approximate surface area is 74.8 Å². The van der Waals surface area contributed by atoms with Crippen LogP contribution in [0.1, 0.15) is 0 Å². The van der Waals surface area contributed by atoms with E-state index in [1.165, 1.54) is 0 Å². The van der Waals surface area contributed by atoms with Crippen molar-refractivity contribution < 1.29 is 52.4 Å². The van der Waals surface area contributed by atoms with Crippen molar-refractivity contribution in [2.24, 2.45) is 0 Å². The molecule has 0 heterocycles. The summed E-state index contributed by atoms with van der Waals surface area (Å²) in [6.07, 6.45) is 0. The van der Waals surface area contributed by atoms with Crippen LogP contribution in [0.2, 0.25) is 0 Å². The van der Waals surface area contributed by atoms with Gasteiger partial charge in [-0.2, -0.15) is 0 Å². The smallest absolute Gasteiger partial charge is 0 e. The third-order valence-corrected chi connectivity index (χ3v) is 0. The maximum atomic E-state index is 4.00. The van der Waals surface area contributed by atoms with E-state index in [0.717, 1.165) is 0 Å². The van der Waals surface area contributed by atoms with Crippen LogP contribution in [-0.4, -0.2) is 17.4 Å². The fourth-order valence-electron chi connectivity index (χ4n) is 0. The van der Waals surface area contributed by atoms with Crippen molar-refractivity contribution in [3.05, 3.63) is 0 Å². The van der Waals surface area contributed by atoms with Crippen LogP contribution in [0.5, 0.6) is 0 Å². The molecule has 0 nitrogen and oxygen atoms in total. The van der Waals surface area contributed by atoms with E-state index < -0.39 is 0 Å². The van der Waals surface area contributed by atoms with Gasteiger partial charge < -0.3 is 0 Å². The van der Waals surface area contributed by atoms with E-state index in [0.29, 0.717) is 0 Å². The molecule has 0 aliphatic heterocycles. The van der Waals surface area contributed by atoms with Gasteiger partial charge >= 0.3 is 39.6 Å². The molecule has 0 spiro atoms. The first-order valence-corrected chi connectivity index (χ1v) is 2.62. The SMILES string of the molecule is [AlH3].[S]=[Er].[Zn]. The number of hydrogen-bond donors (Lipinski definition) is 0. The second-order valence-corrected chi connectivity index (χ2v) is 0. The Kier molecular flexibility index (Phi) is 69.7. The molecule has 0 saturated heterocycles. The monoisotopic (exact) mass is 292 g/mol. The molecular weight excluding hydrogens is 292 g/mol. The molecule has 0 aliphatic rings. The molecule has 0 atom stereocenters. The van der Waals surface area contributed by atoms with Crippen LogP contribution in [0.15, 0.2) is 0 Å². The van der Waals surface area contributed by atoms with Crippen molar-refractivity contribution in [1.29, 1.82) is 0 Å². The van der Waals surface area contributed by atoms with Crippen molar-refractivity contribution in [2.75, 3.05) is 0 Å². The molecule has 0 saturated carbocycles. The van der Waals surface area contributed by atoms with Crippen LogP contribution in [0, 0.1) is 32.9 Å². The fourth-order valence-corrected chi connectivity index (χ4v) is 0. The summed E-state index contributed by atoms with van der Waals surface area (Å²) in [5.74, 6) is 0. The first kappa shape index (κ1) is 16.0. The van der Waals surface area contributed by atoms with Gasteiger partial charge in [0.1, 0.15) is 0 Å². The molecule has 0 unspecified atom stereocenters. The minimum absolute atomic E-state index is 0. The molecule has 0 fully saturated rings. The molecule has 0 aromatic heterocycles. The normalized spacial score (nSPS) is 1.50. The van der Waals surface area contributed by atoms with E-state index >= 15 is 0 Å². The van der Waals surface area contributed by atoms with Gasteiger partial charge in [-0.1, -0.05) is 0 Å². The van der Waals surface area contributed by atoms with Gasteiger partial charge in [0.25, 0.3) is 0 Å². The first-order chi connectivity index (χ1) is 1.00.